The van der Waals surface area contributed by atoms with Crippen molar-refractivity contribution in [2.75, 3.05) is 0 Å². The lowest BCUT2D eigenvalue weighted by molar-refractivity contribution is -0.114. The van der Waals surface area contributed by atoms with E-state index in [4.69, 9.17) is 0 Å². The van der Waals surface area contributed by atoms with E-state index in [1.165, 1.54) is 0 Å². The van der Waals surface area contributed by atoms with Crippen molar-refractivity contribution in [3.8, 4) is 11.1 Å². The Morgan fingerprint density at radius 3 is 1.86 bits per heavy atom. The van der Waals surface area contributed by atoms with Crippen LogP contribution in [0.25, 0.3) is 11.1 Å². The first-order valence-corrected chi connectivity index (χ1v) is 11.6. The molecule has 5 rings (SSSR count). The molecule has 2 N–H and O–H groups in total. The van der Waals surface area contributed by atoms with Crippen LogP contribution >= 0.6 is 0 Å². The van der Waals surface area contributed by atoms with Crippen LogP contribution in [0.2, 0.25) is 0 Å². The predicted octanol–water partition coefficient (Wildman–Crippen LogP) is 5.49. The molecule has 0 aromatic heterocycles. The van der Waals surface area contributed by atoms with Crippen LogP contribution in [-0.4, -0.2) is 17.3 Å². The van der Waals surface area contributed by atoms with E-state index in [-0.39, 0.29) is 5.91 Å². The molecule has 172 valence electrons. The standard InChI is InChI=1S/C30H26N4O/c1-22(23-17-19-25(20-18-23)24-11-5-2-6-12-24)31-33-29(35)28-21-30(34-32-28,26-13-7-3-8-14-26)27-15-9-4-10-16-27/h2-20,34H,21H2,1H3,(H,33,35)/b31-22-. The number of hydrazone groups is 2. The third kappa shape index (κ3) is 4.62. The second-order valence-corrected chi connectivity index (χ2v) is 8.57. The number of nitrogens with zero attached hydrogens (tertiary/aromatic N) is 2. The Kier molecular flexibility index (Phi) is 6.22. The molecule has 1 amide bonds. The third-order valence-electron chi connectivity index (χ3n) is 6.34. The summed E-state index contributed by atoms with van der Waals surface area (Å²) in [5.74, 6) is -0.313. The second-order valence-electron chi connectivity index (χ2n) is 8.57. The van der Waals surface area contributed by atoms with Gasteiger partial charge in [0.2, 0.25) is 0 Å². The van der Waals surface area contributed by atoms with Gasteiger partial charge < -0.3 is 0 Å². The van der Waals surface area contributed by atoms with Gasteiger partial charge in [-0.25, -0.2) is 5.43 Å². The molecule has 5 nitrogen and oxygen atoms in total. The number of rotatable bonds is 6. The summed E-state index contributed by atoms with van der Waals surface area (Å²) < 4.78 is 0. The van der Waals surface area contributed by atoms with Gasteiger partial charge in [0.25, 0.3) is 5.91 Å². The number of hydrogen-bond donors (Lipinski definition) is 2. The van der Waals surface area contributed by atoms with Crippen LogP contribution in [0.1, 0.15) is 30.0 Å². The smallest absolute Gasteiger partial charge is 0.287 e. The molecule has 0 fully saturated rings. The largest absolute Gasteiger partial charge is 0.294 e. The highest BCUT2D eigenvalue weighted by atomic mass is 16.2. The van der Waals surface area contributed by atoms with Gasteiger partial charge in [0.15, 0.2) is 0 Å². The van der Waals surface area contributed by atoms with Crippen molar-refractivity contribution in [2.24, 2.45) is 10.2 Å². The SMILES string of the molecule is C/C(=N/NC(=O)C1=NNC(c2ccccc2)(c2ccccc2)C1)c1ccc(-c2ccccc2)cc1. The van der Waals surface area contributed by atoms with Gasteiger partial charge in [-0.2, -0.15) is 10.2 Å². The van der Waals surface area contributed by atoms with Crippen molar-refractivity contribution in [3.63, 3.8) is 0 Å². The summed E-state index contributed by atoms with van der Waals surface area (Å²) in [7, 11) is 0. The fourth-order valence-corrected chi connectivity index (χ4v) is 4.37. The van der Waals surface area contributed by atoms with Crippen LogP contribution in [0.15, 0.2) is 125 Å². The normalized spacial score (nSPS) is 14.7. The van der Waals surface area contributed by atoms with Crippen LogP contribution in [0.5, 0.6) is 0 Å². The molecule has 0 saturated heterocycles. The number of carbonyl (C=O) groups excluding carboxylic acids is 1. The summed E-state index contributed by atoms with van der Waals surface area (Å²) in [6, 6.07) is 38.5. The number of benzene rings is 4. The molecule has 0 radical (unpaired) electrons. The minimum Gasteiger partial charge on any atom is -0.294 e. The zero-order chi connectivity index (χ0) is 24.1. The Hall–Kier alpha value is -4.51. The van der Waals surface area contributed by atoms with Crippen LogP contribution in [0.3, 0.4) is 0 Å². The third-order valence-corrected chi connectivity index (χ3v) is 6.34. The summed E-state index contributed by atoms with van der Waals surface area (Å²) in [4.78, 5) is 13.0. The van der Waals surface area contributed by atoms with Gasteiger partial charge in [-0.3, -0.25) is 10.2 Å². The van der Waals surface area contributed by atoms with E-state index in [1.54, 1.807) is 0 Å². The molecule has 0 aliphatic carbocycles. The van der Waals surface area contributed by atoms with Crippen molar-refractivity contribution in [1.29, 1.82) is 0 Å². The zero-order valence-corrected chi connectivity index (χ0v) is 19.5. The van der Waals surface area contributed by atoms with E-state index >= 15 is 0 Å². The Balaban J connectivity index is 1.30. The fraction of sp³-hybridized carbons (Fsp3) is 0.100. The van der Waals surface area contributed by atoms with E-state index < -0.39 is 5.54 Å². The maximum absolute atomic E-state index is 13.0. The number of nitrogens with one attached hydrogen (secondary N) is 2. The number of amides is 1. The second kappa shape index (κ2) is 9.77. The molecule has 5 heteroatoms. The van der Waals surface area contributed by atoms with Crippen molar-refractivity contribution >= 4 is 17.3 Å². The van der Waals surface area contributed by atoms with E-state index in [0.29, 0.717) is 12.1 Å². The average Bonchev–Trinajstić information content (AvgIpc) is 3.40. The maximum Gasteiger partial charge on any atom is 0.287 e. The van der Waals surface area contributed by atoms with Gasteiger partial charge in [0, 0.05) is 6.42 Å². The Morgan fingerprint density at radius 2 is 1.29 bits per heavy atom. The molecule has 0 bridgehead atoms. The van der Waals surface area contributed by atoms with E-state index in [1.807, 2.05) is 73.7 Å². The number of hydrogen-bond acceptors (Lipinski definition) is 4. The fourth-order valence-electron chi connectivity index (χ4n) is 4.37. The minimum absolute atomic E-state index is 0.313. The zero-order valence-electron chi connectivity index (χ0n) is 19.5. The molecule has 4 aromatic rings. The highest BCUT2D eigenvalue weighted by Crippen LogP contribution is 2.36. The van der Waals surface area contributed by atoms with Crippen LogP contribution in [-0.2, 0) is 10.3 Å². The molecular formula is C30H26N4O. The van der Waals surface area contributed by atoms with Crippen molar-refractivity contribution < 1.29 is 4.79 Å². The summed E-state index contributed by atoms with van der Waals surface area (Å²) in [6.45, 7) is 1.88. The van der Waals surface area contributed by atoms with Gasteiger partial charge in [-0.1, -0.05) is 115 Å². The van der Waals surface area contributed by atoms with Crippen LogP contribution < -0.4 is 10.9 Å². The number of carbonyl (C=O) groups is 1. The molecule has 0 unspecified atom stereocenters. The molecule has 1 aliphatic heterocycles. The first-order valence-electron chi connectivity index (χ1n) is 11.6. The lowest BCUT2D eigenvalue weighted by Gasteiger charge is -2.30. The summed E-state index contributed by atoms with van der Waals surface area (Å²) in [6.07, 6.45) is 0.424. The molecule has 1 heterocycles. The Morgan fingerprint density at radius 1 is 0.771 bits per heavy atom. The molecule has 35 heavy (non-hydrogen) atoms. The minimum atomic E-state index is -0.596. The highest BCUT2D eigenvalue weighted by Gasteiger charge is 2.41. The topological polar surface area (TPSA) is 65.8 Å². The first kappa shape index (κ1) is 22.3. The lowest BCUT2D eigenvalue weighted by Crippen LogP contribution is -2.38. The van der Waals surface area contributed by atoms with E-state index in [0.717, 1.165) is 33.5 Å². The van der Waals surface area contributed by atoms with E-state index in [9.17, 15) is 4.79 Å². The van der Waals surface area contributed by atoms with Gasteiger partial charge in [0.1, 0.15) is 11.3 Å². The summed E-state index contributed by atoms with van der Waals surface area (Å²) in [5.41, 5.74) is 11.8. The van der Waals surface area contributed by atoms with Gasteiger partial charge in [0.05, 0.1) is 5.71 Å². The van der Waals surface area contributed by atoms with Crippen LogP contribution in [0.4, 0.5) is 0 Å². The molecule has 0 atom stereocenters. The monoisotopic (exact) mass is 458 g/mol. The predicted molar refractivity (Wildman–Crippen MR) is 141 cm³/mol. The van der Waals surface area contributed by atoms with Gasteiger partial charge >= 0.3 is 0 Å². The quantitative estimate of drug-likeness (QED) is 0.297. The average molecular weight is 459 g/mol. The first-order chi connectivity index (χ1) is 17.2. The highest BCUT2D eigenvalue weighted by molar-refractivity contribution is 6.39. The Labute approximate surface area is 205 Å². The summed E-state index contributed by atoms with van der Waals surface area (Å²) in [5, 5.41) is 8.77. The summed E-state index contributed by atoms with van der Waals surface area (Å²) >= 11 is 0. The lowest BCUT2D eigenvalue weighted by atomic mass is 9.80. The van der Waals surface area contributed by atoms with Crippen LogP contribution in [0, 0.1) is 0 Å². The molecule has 4 aromatic carbocycles. The van der Waals surface area contributed by atoms with Gasteiger partial charge in [-0.15, -0.1) is 0 Å². The molecule has 0 saturated carbocycles. The molecular weight excluding hydrogens is 432 g/mol. The van der Waals surface area contributed by atoms with Crippen molar-refractivity contribution in [2.45, 2.75) is 18.9 Å². The maximum atomic E-state index is 13.0. The van der Waals surface area contributed by atoms with Crippen molar-refractivity contribution in [1.82, 2.24) is 10.9 Å². The Bertz CT molecular complexity index is 1320. The molecule has 1 aliphatic rings. The van der Waals surface area contributed by atoms with Gasteiger partial charge in [-0.05, 0) is 34.7 Å². The van der Waals surface area contributed by atoms with Crippen molar-refractivity contribution in [3.05, 3.63) is 132 Å². The van der Waals surface area contributed by atoms with E-state index in [2.05, 4.69) is 69.6 Å². The molecule has 0 spiro atoms.